The van der Waals surface area contributed by atoms with Gasteiger partial charge in [0.1, 0.15) is 11.5 Å². The van der Waals surface area contributed by atoms with Gasteiger partial charge in [-0.2, -0.15) is 0 Å². The van der Waals surface area contributed by atoms with E-state index in [1.54, 1.807) is 43.8 Å². The Hall–Kier alpha value is -1.81. The van der Waals surface area contributed by atoms with Crippen molar-refractivity contribution in [2.45, 2.75) is 12.8 Å². The smallest absolute Gasteiger partial charge is 0.166 e. The van der Waals surface area contributed by atoms with Crippen LogP contribution in [0.3, 0.4) is 0 Å². The molecule has 0 unspecified atom stereocenters. The van der Waals surface area contributed by atoms with Gasteiger partial charge < -0.3 is 9.47 Å². The van der Waals surface area contributed by atoms with Gasteiger partial charge in [0.15, 0.2) is 5.78 Å². The maximum atomic E-state index is 12.2. The lowest BCUT2D eigenvalue weighted by atomic mass is 10.0. The maximum Gasteiger partial charge on any atom is 0.166 e. The Labute approximate surface area is 116 Å². The van der Waals surface area contributed by atoms with Gasteiger partial charge in [0.2, 0.25) is 0 Å². The maximum absolute atomic E-state index is 12.2. The lowest BCUT2D eigenvalue weighted by molar-refractivity contribution is 0.0980. The summed E-state index contributed by atoms with van der Waals surface area (Å²) in [6.07, 6.45) is 1.26. The van der Waals surface area contributed by atoms with Crippen molar-refractivity contribution in [2.75, 3.05) is 14.2 Å². The minimum absolute atomic E-state index is 0.0907. The third kappa shape index (κ3) is 3.35. The Bertz CT molecular complexity index is 547. The van der Waals surface area contributed by atoms with Crippen LogP contribution in [0, 0.1) is 0 Å². The highest BCUT2D eigenvalue weighted by Crippen LogP contribution is 2.26. The number of carbonyl (C=O) groups is 1. The van der Waals surface area contributed by atoms with Crippen molar-refractivity contribution < 1.29 is 14.3 Å². The van der Waals surface area contributed by atoms with E-state index >= 15 is 0 Å². The van der Waals surface area contributed by atoms with Crippen LogP contribution in [0.2, 0.25) is 0 Å². The van der Waals surface area contributed by atoms with E-state index in [-0.39, 0.29) is 5.78 Å². The molecule has 0 aliphatic heterocycles. The van der Waals surface area contributed by atoms with Crippen molar-refractivity contribution in [1.82, 2.24) is 0 Å². The standard InChI is InChI=1S/C15H16O3S/c1-17-11-5-7-13(15(10-11)18-2)14(16)8-6-12-4-3-9-19-12/h3-5,7,9-10H,6,8H2,1-2H3. The molecular formula is C15H16O3S. The van der Waals surface area contributed by atoms with Crippen molar-refractivity contribution in [3.63, 3.8) is 0 Å². The summed E-state index contributed by atoms with van der Waals surface area (Å²) in [7, 11) is 3.15. The fourth-order valence-electron chi connectivity index (χ4n) is 1.86. The molecule has 0 aliphatic rings. The Morgan fingerprint density at radius 1 is 1.21 bits per heavy atom. The third-order valence-electron chi connectivity index (χ3n) is 2.89. The molecule has 1 aromatic heterocycles. The molecule has 1 heterocycles. The molecule has 0 aliphatic carbocycles. The Kier molecular flexibility index (Phi) is 4.58. The van der Waals surface area contributed by atoms with E-state index < -0.39 is 0 Å². The number of aryl methyl sites for hydroxylation is 1. The van der Waals surface area contributed by atoms with E-state index in [1.165, 1.54) is 4.88 Å². The number of Topliss-reactive ketones (excluding diaryl/α,β-unsaturated/α-hetero) is 1. The van der Waals surface area contributed by atoms with Crippen LogP contribution in [0.1, 0.15) is 21.7 Å². The molecule has 4 heteroatoms. The van der Waals surface area contributed by atoms with Crippen LogP contribution in [-0.2, 0) is 6.42 Å². The summed E-state index contributed by atoms with van der Waals surface area (Å²) in [6, 6.07) is 9.31. The minimum atomic E-state index is 0.0907. The molecule has 0 saturated heterocycles. The van der Waals surface area contributed by atoms with E-state index in [2.05, 4.69) is 0 Å². The van der Waals surface area contributed by atoms with Crippen LogP contribution in [0.15, 0.2) is 35.7 Å². The molecule has 0 atom stereocenters. The van der Waals surface area contributed by atoms with Crippen LogP contribution in [-0.4, -0.2) is 20.0 Å². The molecule has 0 saturated carbocycles. The summed E-state index contributed by atoms with van der Waals surface area (Å²) in [5.41, 5.74) is 0.611. The second-order valence-corrected chi connectivity index (χ2v) is 5.10. The Morgan fingerprint density at radius 3 is 2.68 bits per heavy atom. The van der Waals surface area contributed by atoms with Crippen LogP contribution < -0.4 is 9.47 Å². The van der Waals surface area contributed by atoms with Crippen LogP contribution in [0.25, 0.3) is 0 Å². The summed E-state index contributed by atoms with van der Waals surface area (Å²) in [4.78, 5) is 13.4. The first kappa shape index (κ1) is 13.6. The number of hydrogen-bond acceptors (Lipinski definition) is 4. The number of ether oxygens (including phenoxy) is 2. The second-order valence-electron chi connectivity index (χ2n) is 4.07. The van der Waals surface area contributed by atoms with Gasteiger partial charge in [-0.25, -0.2) is 0 Å². The van der Waals surface area contributed by atoms with Crippen LogP contribution in [0.5, 0.6) is 11.5 Å². The lowest BCUT2D eigenvalue weighted by Crippen LogP contribution is -2.03. The monoisotopic (exact) mass is 276 g/mol. The number of methoxy groups -OCH3 is 2. The van der Waals surface area contributed by atoms with Crippen molar-refractivity contribution in [1.29, 1.82) is 0 Å². The second kappa shape index (κ2) is 6.38. The molecule has 0 fully saturated rings. The summed E-state index contributed by atoms with van der Waals surface area (Å²) in [5.74, 6) is 1.34. The van der Waals surface area contributed by atoms with Gasteiger partial charge in [-0.15, -0.1) is 11.3 Å². The zero-order chi connectivity index (χ0) is 13.7. The largest absolute Gasteiger partial charge is 0.497 e. The first-order valence-electron chi connectivity index (χ1n) is 6.02. The van der Waals surface area contributed by atoms with Gasteiger partial charge >= 0.3 is 0 Å². The molecular weight excluding hydrogens is 260 g/mol. The van der Waals surface area contributed by atoms with E-state index in [9.17, 15) is 4.79 Å². The van der Waals surface area contributed by atoms with E-state index in [0.29, 0.717) is 23.5 Å². The Morgan fingerprint density at radius 2 is 2.05 bits per heavy atom. The lowest BCUT2D eigenvalue weighted by Gasteiger charge is -2.09. The zero-order valence-electron chi connectivity index (χ0n) is 11.0. The highest BCUT2D eigenvalue weighted by atomic mass is 32.1. The quantitative estimate of drug-likeness (QED) is 0.756. The summed E-state index contributed by atoms with van der Waals surface area (Å²) in [5, 5.41) is 2.02. The number of benzene rings is 1. The minimum Gasteiger partial charge on any atom is -0.497 e. The molecule has 0 spiro atoms. The molecule has 0 radical (unpaired) electrons. The topological polar surface area (TPSA) is 35.5 Å². The molecule has 100 valence electrons. The fraction of sp³-hybridized carbons (Fsp3) is 0.267. The van der Waals surface area contributed by atoms with Crippen molar-refractivity contribution >= 4 is 17.1 Å². The normalized spacial score (nSPS) is 10.2. The average Bonchev–Trinajstić information content (AvgIpc) is 2.97. The fourth-order valence-corrected chi connectivity index (χ4v) is 2.56. The molecule has 2 aromatic rings. The number of rotatable bonds is 6. The highest BCUT2D eigenvalue weighted by Gasteiger charge is 2.13. The van der Waals surface area contributed by atoms with Gasteiger partial charge in [-0.3, -0.25) is 4.79 Å². The molecule has 19 heavy (non-hydrogen) atoms. The highest BCUT2D eigenvalue weighted by molar-refractivity contribution is 7.09. The van der Waals surface area contributed by atoms with Crippen molar-refractivity contribution in [2.24, 2.45) is 0 Å². The number of carbonyl (C=O) groups excluding carboxylic acids is 1. The number of hydrogen-bond donors (Lipinski definition) is 0. The van der Waals surface area contributed by atoms with E-state index in [1.807, 2.05) is 17.5 Å². The van der Waals surface area contributed by atoms with Gasteiger partial charge in [-0.05, 0) is 30.0 Å². The molecule has 0 amide bonds. The predicted octanol–water partition coefficient (Wildman–Crippen LogP) is 3.58. The van der Waals surface area contributed by atoms with Crippen LogP contribution >= 0.6 is 11.3 Å². The van der Waals surface area contributed by atoms with Gasteiger partial charge in [0.05, 0.1) is 19.8 Å². The average molecular weight is 276 g/mol. The van der Waals surface area contributed by atoms with Gasteiger partial charge in [0.25, 0.3) is 0 Å². The summed E-state index contributed by atoms with van der Waals surface area (Å²) in [6.45, 7) is 0. The van der Waals surface area contributed by atoms with E-state index in [4.69, 9.17) is 9.47 Å². The SMILES string of the molecule is COc1ccc(C(=O)CCc2cccs2)c(OC)c1. The van der Waals surface area contributed by atoms with Gasteiger partial charge in [0, 0.05) is 17.4 Å². The predicted molar refractivity (Wildman–Crippen MR) is 76.5 cm³/mol. The third-order valence-corrected chi connectivity index (χ3v) is 3.82. The molecule has 2 rings (SSSR count). The molecule has 1 aromatic carbocycles. The van der Waals surface area contributed by atoms with Crippen LogP contribution in [0.4, 0.5) is 0 Å². The number of thiophene rings is 1. The molecule has 0 bridgehead atoms. The first-order valence-corrected chi connectivity index (χ1v) is 6.90. The first-order chi connectivity index (χ1) is 9.24. The van der Waals surface area contributed by atoms with Gasteiger partial charge in [-0.1, -0.05) is 6.07 Å². The molecule has 3 nitrogen and oxygen atoms in total. The number of ketones is 1. The Balaban J connectivity index is 2.09. The van der Waals surface area contributed by atoms with Crippen molar-refractivity contribution in [3.05, 3.63) is 46.2 Å². The van der Waals surface area contributed by atoms with Crippen molar-refractivity contribution in [3.8, 4) is 11.5 Å². The zero-order valence-corrected chi connectivity index (χ0v) is 11.8. The summed E-state index contributed by atoms with van der Waals surface area (Å²) >= 11 is 1.67. The van der Waals surface area contributed by atoms with E-state index in [0.717, 1.165) is 6.42 Å². The molecule has 0 N–H and O–H groups in total. The summed E-state index contributed by atoms with van der Waals surface area (Å²) < 4.78 is 10.4.